The summed E-state index contributed by atoms with van der Waals surface area (Å²) in [5.74, 6) is 2.32. The van der Waals surface area contributed by atoms with Crippen LogP contribution in [0.15, 0.2) is 80.0 Å². The van der Waals surface area contributed by atoms with Gasteiger partial charge in [-0.1, -0.05) is 65.8 Å². The van der Waals surface area contributed by atoms with E-state index < -0.39 is 0 Å². The third-order valence-corrected chi connectivity index (χ3v) is 7.05. The molecule has 0 atom stereocenters. The van der Waals surface area contributed by atoms with E-state index in [4.69, 9.17) is 13.3 Å². The Morgan fingerprint density at radius 1 is 0.405 bits per heavy atom. The Balaban J connectivity index is 1.37. The van der Waals surface area contributed by atoms with E-state index in [9.17, 15) is 0 Å². The van der Waals surface area contributed by atoms with Crippen molar-refractivity contribution in [3.8, 4) is 57.3 Å². The van der Waals surface area contributed by atoms with Crippen LogP contribution in [-0.4, -0.2) is 30.6 Å². The molecule has 0 saturated heterocycles. The fraction of sp³-hybridized carbons (Fsp3) is 0.273. The van der Waals surface area contributed by atoms with Gasteiger partial charge >= 0.3 is 0 Å². The molecular formula is C33H32N6O3. The van der Waals surface area contributed by atoms with Gasteiger partial charge in [-0.3, -0.25) is 0 Å². The summed E-state index contributed by atoms with van der Waals surface area (Å²) < 4.78 is 18.0. The van der Waals surface area contributed by atoms with E-state index in [1.54, 1.807) is 6.92 Å². The molecule has 3 heterocycles. The quantitative estimate of drug-likeness (QED) is 0.206. The molecule has 6 rings (SSSR count). The standard InChI is InChI=1S/C33H32N6O3/c1-19-34-35-29(40-19)22-16-23(30-38-36-27(41-30)20-8-12-25(13-9-20)32(2,3)4)18-24(17-22)31-39-37-28(42-31)21-10-14-26(15-11-21)33(5,6)7/h8-18H,1-7H3. The number of aromatic nitrogens is 6. The van der Waals surface area contributed by atoms with Crippen molar-refractivity contribution in [1.29, 1.82) is 0 Å². The van der Waals surface area contributed by atoms with Crippen molar-refractivity contribution >= 4 is 0 Å². The Labute approximate surface area is 244 Å². The van der Waals surface area contributed by atoms with E-state index in [1.807, 2.05) is 42.5 Å². The fourth-order valence-corrected chi connectivity index (χ4v) is 4.55. The zero-order chi connectivity index (χ0) is 29.6. The molecule has 3 aromatic carbocycles. The van der Waals surface area contributed by atoms with Crippen LogP contribution in [0, 0.1) is 6.92 Å². The third-order valence-electron chi connectivity index (χ3n) is 7.05. The topological polar surface area (TPSA) is 117 Å². The zero-order valence-electron chi connectivity index (χ0n) is 24.8. The molecule has 0 bridgehead atoms. The largest absolute Gasteiger partial charge is 0.421 e. The third kappa shape index (κ3) is 5.50. The summed E-state index contributed by atoms with van der Waals surface area (Å²) in [6, 6.07) is 21.9. The van der Waals surface area contributed by atoms with Crippen LogP contribution < -0.4 is 0 Å². The highest BCUT2D eigenvalue weighted by Gasteiger charge is 2.20. The van der Waals surface area contributed by atoms with E-state index in [0.29, 0.717) is 52.0 Å². The summed E-state index contributed by atoms with van der Waals surface area (Å²) in [4.78, 5) is 0. The van der Waals surface area contributed by atoms with Gasteiger partial charge in [0.05, 0.1) is 0 Å². The first-order valence-electron chi connectivity index (χ1n) is 13.8. The predicted octanol–water partition coefficient (Wildman–Crippen LogP) is 8.07. The number of rotatable bonds is 5. The van der Waals surface area contributed by atoms with Crippen molar-refractivity contribution in [2.24, 2.45) is 0 Å². The maximum absolute atomic E-state index is 6.13. The average Bonchev–Trinajstić information content (AvgIpc) is 3.73. The summed E-state index contributed by atoms with van der Waals surface area (Å²) in [7, 11) is 0. The molecule has 9 nitrogen and oxygen atoms in total. The van der Waals surface area contributed by atoms with Crippen LogP contribution in [0.3, 0.4) is 0 Å². The first-order valence-corrected chi connectivity index (χ1v) is 13.8. The first kappa shape index (κ1) is 27.3. The van der Waals surface area contributed by atoms with Gasteiger partial charge in [-0.15, -0.1) is 30.6 Å². The van der Waals surface area contributed by atoms with Gasteiger partial charge in [0.15, 0.2) is 0 Å². The number of hydrogen-bond donors (Lipinski definition) is 0. The van der Waals surface area contributed by atoms with Gasteiger partial charge in [-0.25, -0.2) is 0 Å². The van der Waals surface area contributed by atoms with Crippen molar-refractivity contribution in [3.63, 3.8) is 0 Å². The molecule has 0 fully saturated rings. The lowest BCUT2D eigenvalue weighted by molar-refractivity contribution is 0.532. The van der Waals surface area contributed by atoms with E-state index in [-0.39, 0.29) is 10.8 Å². The molecule has 0 unspecified atom stereocenters. The maximum atomic E-state index is 6.13. The van der Waals surface area contributed by atoms with Crippen LogP contribution in [0.4, 0.5) is 0 Å². The van der Waals surface area contributed by atoms with Gasteiger partial charge in [0, 0.05) is 34.7 Å². The monoisotopic (exact) mass is 560 g/mol. The Bertz CT molecular complexity index is 1740. The first-order chi connectivity index (χ1) is 19.9. The van der Waals surface area contributed by atoms with E-state index in [1.165, 1.54) is 11.1 Å². The highest BCUT2D eigenvalue weighted by Crippen LogP contribution is 2.34. The van der Waals surface area contributed by atoms with Crippen molar-refractivity contribution in [2.75, 3.05) is 0 Å². The maximum Gasteiger partial charge on any atom is 0.248 e. The van der Waals surface area contributed by atoms with E-state index in [0.717, 1.165) is 11.1 Å². The molecule has 3 aromatic heterocycles. The van der Waals surface area contributed by atoms with Crippen molar-refractivity contribution in [3.05, 3.63) is 83.7 Å². The smallest absolute Gasteiger partial charge is 0.248 e. The second kappa shape index (κ2) is 10.2. The minimum absolute atomic E-state index is 0.0486. The molecule has 42 heavy (non-hydrogen) atoms. The van der Waals surface area contributed by atoms with Gasteiger partial charge in [0.2, 0.25) is 35.3 Å². The SMILES string of the molecule is Cc1nnc(-c2cc(-c3nnc(-c4ccc(C(C)(C)C)cc4)o3)cc(-c3nnc(-c4ccc(C(C)(C)C)cc4)o3)c2)o1. The summed E-state index contributed by atoms with van der Waals surface area (Å²) >= 11 is 0. The van der Waals surface area contributed by atoms with Gasteiger partial charge in [0.1, 0.15) is 0 Å². The van der Waals surface area contributed by atoms with E-state index >= 15 is 0 Å². The Kier molecular flexibility index (Phi) is 6.60. The highest BCUT2D eigenvalue weighted by atomic mass is 16.4. The summed E-state index contributed by atoms with van der Waals surface area (Å²) in [5, 5.41) is 25.5. The Morgan fingerprint density at radius 3 is 1.02 bits per heavy atom. The second-order valence-corrected chi connectivity index (χ2v) is 12.4. The molecule has 6 aromatic rings. The minimum atomic E-state index is 0.0486. The van der Waals surface area contributed by atoms with Crippen LogP contribution in [0.2, 0.25) is 0 Å². The van der Waals surface area contributed by atoms with Crippen molar-refractivity contribution in [2.45, 2.75) is 59.3 Å². The van der Waals surface area contributed by atoms with Gasteiger partial charge < -0.3 is 13.3 Å². The molecule has 0 amide bonds. The Hall–Kier alpha value is -4.92. The summed E-state index contributed by atoms with van der Waals surface area (Å²) in [5.41, 5.74) is 6.18. The lowest BCUT2D eigenvalue weighted by Crippen LogP contribution is -2.10. The minimum Gasteiger partial charge on any atom is -0.421 e. The lowest BCUT2D eigenvalue weighted by Gasteiger charge is -2.18. The molecule has 0 N–H and O–H groups in total. The molecule has 0 aliphatic rings. The molecule has 0 spiro atoms. The van der Waals surface area contributed by atoms with Crippen LogP contribution in [-0.2, 0) is 10.8 Å². The normalized spacial score (nSPS) is 12.2. The van der Waals surface area contributed by atoms with Crippen LogP contribution >= 0.6 is 0 Å². The zero-order valence-corrected chi connectivity index (χ0v) is 24.8. The number of hydrogen-bond acceptors (Lipinski definition) is 9. The fourth-order valence-electron chi connectivity index (χ4n) is 4.55. The summed E-state index contributed by atoms with van der Waals surface area (Å²) in [6.45, 7) is 14.8. The van der Waals surface area contributed by atoms with Crippen LogP contribution in [0.25, 0.3) is 57.3 Å². The predicted molar refractivity (Wildman–Crippen MR) is 159 cm³/mol. The van der Waals surface area contributed by atoms with Gasteiger partial charge in [0.25, 0.3) is 0 Å². The molecular weight excluding hydrogens is 528 g/mol. The van der Waals surface area contributed by atoms with Gasteiger partial charge in [-0.2, -0.15) is 0 Å². The van der Waals surface area contributed by atoms with Crippen molar-refractivity contribution in [1.82, 2.24) is 30.6 Å². The summed E-state index contributed by atoms with van der Waals surface area (Å²) in [6.07, 6.45) is 0. The second-order valence-electron chi connectivity index (χ2n) is 12.4. The molecule has 0 aliphatic heterocycles. The molecule has 0 radical (unpaired) electrons. The van der Waals surface area contributed by atoms with Gasteiger partial charge in [-0.05, 0) is 64.4 Å². The molecule has 0 aliphatic carbocycles. The average molecular weight is 561 g/mol. The molecule has 212 valence electrons. The number of benzene rings is 3. The Morgan fingerprint density at radius 2 is 0.714 bits per heavy atom. The molecule has 0 saturated carbocycles. The number of nitrogens with zero attached hydrogens (tertiary/aromatic N) is 6. The molecule has 9 heteroatoms. The van der Waals surface area contributed by atoms with E-state index in [2.05, 4.69) is 96.4 Å². The lowest BCUT2D eigenvalue weighted by atomic mass is 9.87. The number of aryl methyl sites for hydroxylation is 1. The van der Waals surface area contributed by atoms with Crippen molar-refractivity contribution < 1.29 is 13.3 Å². The van der Waals surface area contributed by atoms with Crippen LogP contribution in [0.5, 0.6) is 0 Å². The highest BCUT2D eigenvalue weighted by molar-refractivity contribution is 5.74. The van der Waals surface area contributed by atoms with Crippen LogP contribution in [0.1, 0.15) is 58.6 Å².